The van der Waals surface area contributed by atoms with Gasteiger partial charge in [-0.3, -0.25) is 19.9 Å². The Morgan fingerprint density at radius 2 is 2.15 bits per heavy atom. The molecule has 2 rings (SSSR count). The van der Waals surface area contributed by atoms with Crippen LogP contribution >= 0.6 is 11.6 Å². The molecule has 0 aliphatic rings. The molecule has 0 aromatic carbocycles. The molecule has 20 heavy (non-hydrogen) atoms. The van der Waals surface area contributed by atoms with E-state index >= 15 is 0 Å². The fourth-order valence-electron chi connectivity index (χ4n) is 1.45. The van der Waals surface area contributed by atoms with Gasteiger partial charge in [0.15, 0.2) is 0 Å². The third-order valence-electron chi connectivity index (χ3n) is 2.46. The van der Waals surface area contributed by atoms with Gasteiger partial charge in [0.25, 0.3) is 11.6 Å². The number of aromatic nitrogens is 2. The van der Waals surface area contributed by atoms with E-state index in [1.54, 1.807) is 13.0 Å². The fourth-order valence-corrected chi connectivity index (χ4v) is 1.56. The Morgan fingerprint density at radius 3 is 2.80 bits per heavy atom. The molecule has 0 spiro atoms. The minimum Gasteiger partial charge on any atom is -0.307 e. The number of halogens is 1. The number of amides is 1. The van der Waals surface area contributed by atoms with Gasteiger partial charge in [0.1, 0.15) is 12.0 Å². The van der Waals surface area contributed by atoms with E-state index < -0.39 is 10.8 Å². The number of hydrogen-bond donors (Lipinski definition) is 1. The Kier molecular flexibility index (Phi) is 3.90. The van der Waals surface area contributed by atoms with Crippen molar-refractivity contribution in [2.45, 2.75) is 6.92 Å². The van der Waals surface area contributed by atoms with Crippen LogP contribution in [0, 0.1) is 17.0 Å². The van der Waals surface area contributed by atoms with Gasteiger partial charge in [-0.05, 0) is 19.1 Å². The zero-order valence-corrected chi connectivity index (χ0v) is 11.1. The second-order valence-electron chi connectivity index (χ2n) is 3.91. The number of carbonyl (C=O) groups excluding carboxylic acids is 1. The van der Waals surface area contributed by atoms with Gasteiger partial charge in [-0.2, -0.15) is 0 Å². The predicted octanol–water partition coefficient (Wildman–Crippen LogP) is 2.60. The lowest BCUT2D eigenvalue weighted by atomic mass is 10.2. The summed E-state index contributed by atoms with van der Waals surface area (Å²) in [5, 5.41) is 13.6. The average molecular weight is 293 g/mol. The summed E-state index contributed by atoms with van der Waals surface area (Å²) in [6.45, 7) is 1.70. The minimum absolute atomic E-state index is 0.0774. The highest BCUT2D eigenvalue weighted by atomic mass is 35.5. The van der Waals surface area contributed by atoms with Crippen LogP contribution in [0.25, 0.3) is 0 Å². The van der Waals surface area contributed by atoms with Crippen molar-refractivity contribution in [3.63, 3.8) is 0 Å². The maximum atomic E-state index is 11.9. The van der Waals surface area contributed by atoms with Crippen molar-refractivity contribution in [3.8, 4) is 0 Å². The van der Waals surface area contributed by atoms with Gasteiger partial charge >= 0.3 is 0 Å². The zero-order valence-electron chi connectivity index (χ0n) is 10.3. The lowest BCUT2D eigenvalue weighted by Crippen LogP contribution is -2.13. The van der Waals surface area contributed by atoms with Crippen molar-refractivity contribution >= 4 is 29.0 Å². The van der Waals surface area contributed by atoms with E-state index in [-0.39, 0.29) is 11.3 Å². The summed E-state index contributed by atoms with van der Waals surface area (Å²) in [5.41, 5.74) is 0.396. The molecule has 1 amide bonds. The van der Waals surface area contributed by atoms with Crippen LogP contribution in [0.15, 0.2) is 30.6 Å². The van der Waals surface area contributed by atoms with Crippen LogP contribution in [-0.2, 0) is 0 Å². The lowest BCUT2D eigenvalue weighted by molar-refractivity contribution is -0.385. The van der Waals surface area contributed by atoms with Crippen molar-refractivity contribution in [1.82, 2.24) is 9.97 Å². The summed E-state index contributed by atoms with van der Waals surface area (Å²) < 4.78 is 0. The van der Waals surface area contributed by atoms with Gasteiger partial charge < -0.3 is 5.32 Å². The van der Waals surface area contributed by atoms with Crippen molar-refractivity contribution in [3.05, 3.63) is 57.0 Å². The highest BCUT2D eigenvalue weighted by Crippen LogP contribution is 2.17. The number of anilines is 1. The molecule has 1 N–H and O–H groups in total. The quantitative estimate of drug-likeness (QED) is 0.692. The number of pyridine rings is 2. The molecule has 0 radical (unpaired) electrons. The Balaban J connectivity index is 2.21. The first-order valence-electron chi connectivity index (χ1n) is 5.51. The Bertz CT molecular complexity index is 690. The summed E-state index contributed by atoms with van der Waals surface area (Å²) in [5.74, 6) is -0.223. The largest absolute Gasteiger partial charge is 0.307 e. The first-order chi connectivity index (χ1) is 9.47. The summed E-state index contributed by atoms with van der Waals surface area (Å²) in [7, 11) is 0. The van der Waals surface area contributed by atoms with Crippen LogP contribution in [0.3, 0.4) is 0 Å². The van der Waals surface area contributed by atoms with E-state index in [0.717, 1.165) is 12.3 Å². The standard InChI is InChI=1S/C12H9ClN4O3/c1-7-10(13)2-3-11(15-7)16-12(18)8-4-9(17(19)20)6-14-5-8/h2-6H,1H3,(H,15,16,18). The Labute approximate surface area is 118 Å². The summed E-state index contributed by atoms with van der Waals surface area (Å²) >= 11 is 5.83. The molecular formula is C12H9ClN4O3. The topological polar surface area (TPSA) is 98.0 Å². The highest BCUT2D eigenvalue weighted by Gasteiger charge is 2.13. The maximum absolute atomic E-state index is 11.9. The van der Waals surface area contributed by atoms with Gasteiger partial charge in [-0.1, -0.05) is 11.6 Å². The zero-order chi connectivity index (χ0) is 14.7. The van der Waals surface area contributed by atoms with Crippen LogP contribution in [0.2, 0.25) is 5.02 Å². The number of rotatable bonds is 3. The third-order valence-corrected chi connectivity index (χ3v) is 2.86. The SMILES string of the molecule is Cc1nc(NC(=O)c2cncc([N+](=O)[O-])c2)ccc1Cl. The van der Waals surface area contributed by atoms with Gasteiger partial charge in [-0.25, -0.2) is 4.98 Å². The van der Waals surface area contributed by atoms with Gasteiger partial charge in [0.2, 0.25) is 0 Å². The normalized spacial score (nSPS) is 10.1. The summed E-state index contributed by atoms with van der Waals surface area (Å²) in [4.78, 5) is 29.7. The molecule has 2 aromatic rings. The van der Waals surface area contributed by atoms with E-state index in [9.17, 15) is 14.9 Å². The number of hydrogen-bond acceptors (Lipinski definition) is 5. The number of nitrogens with zero attached hydrogens (tertiary/aromatic N) is 3. The van der Waals surface area contributed by atoms with E-state index in [1.165, 1.54) is 12.3 Å². The second kappa shape index (κ2) is 5.62. The first-order valence-corrected chi connectivity index (χ1v) is 5.89. The van der Waals surface area contributed by atoms with Crippen LogP contribution in [0.1, 0.15) is 16.1 Å². The van der Waals surface area contributed by atoms with Gasteiger partial charge in [0.05, 0.1) is 21.2 Å². The molecule has 0 saturated heterocycles. The van der Waals surface area contributed by atoms with Crippen LogP contribution in [-0.4, -0.2) is 20.8 Å². The van der Waals surface area contributed by atoms with Crippen molar-refractivity contribution < 1.29 is 9.72 Å². The average Bonchev–Trinajstić information content (AvgIpc) is 2.43. The van der Waals surface area contributed by atoms with E-state index in [2.05, 4.69) is 15.3 Å². The smallest absolute Gasteiger partial charge is 0.288 e. The highest BCUT2D eigenvalue weighted by molar-refractivity contribution is 6.31. The minimum atomic E-state index is -0.617. The number of nitro groups is 1. The van der Waals surface area contributed by atoms with Gasteiger partial charge in [-0.15, -0.1) is 0 Å². The molecule has 0 atom stereocenters. The molecule has 0 fully saturated rings. The summed E-state index contributed by atoms with van der Waals surface area (Å²) in [6.07, 6.45) is 2.31. The molecule has 2 aromatic heterocycles. The van der Waals surface area contributed by atoms with Crippen LogP contribution < -0.4 is 5.32 Å². The fraction of sp³-hybridized carbons (Fsp3) is 0.0833. The molecule has 0 bridgehead atoms. The molecule has 0 saturated carbocycles. The number of aryl methyl sites for hydroxylation is 1. The molecule has 0 aliphatic carbocycles. The van der Waals surface area contributed by atoms with Crippen molar-refractivity contribution in [2.24, 2.45) is 0 Å². The predicted molar refractivity (Wildman–Crippen MR) is 72.8 cm³/mol. The molecule has 0 unspecified atom stereocenters. The van der Waals surface area contributed by atoms with E-state index in [1.807, 2.05) is 0 Å². The number of nitrogens with one attached hydrogen (secondary N) is 1. The Morgan fingerprint density at radius 1 is 1.40 bits per heavy atom. The third kappa shape index (κ3) is 3.07. The van der Waals surface area contributed by atoms with E-state index in [0.29, 0.717) is 16.5 Å². The molecule has 8 heteroatoms. The number of carbonyl (C=O) groups is 1. The molecule has 0 aliphatic heterocycles. The molecule has 102 valence electrons. The molecule has 2 heterocycles. The molecule has 7 nitrogen and oxygen atoms in total. The first kappa shape index (κ1) is 13.9. The molecular weight excluding hydrogens is 284 g/mol. The van der Waals surface area contributed by atoms with Crippen molar-refractivity contribution in [1.29, 1.82) is 0 Å². The monoisotopic (exact) mass is 292 g/mol. The second-order valence-corrected chi connectivity index (χ2v) is 4.31. The summed E-state index contributed by atoms with van der Waals surface area (Å²) in [6, 6.07) is 4.29. The lowest BCUT2D eigenvalue weighted by Gasteiger charge is -2.05. The van der Waals surface area contributed by atoms with Crippen molar-refractivity contribution in [2.75, 3.05) is 5.32 Å². The maximum Gasteiger partial charge on any atom is 0.288 e. The van der Waals surface area contributed by atoms with Gasteiger partial charge in [0, 0.05) is 12.3 Å². The van der Waals surface area contributed by atoms with E-state index in [4.69, 9.17) is 11.6 Å². The van der Waals surface area contributed by atoms with Crippen LogP contribution in [0.4, 0.5) is 11.5 Å². The Hall–Kier alpha value is -2.54. The van der Waals surface area contributed by atoms with Crippen LogP contribution in [0.5, 0.6) is 0 Å².